The van der Waals surface area contributed by atoms with Gasteiger partial charge in [0.1, 0.15) is 0 Å². The summed E-state index contributed by atoms with van der Waals surface area (Å²) in [4.78, 5) is 2.66. The zero-order valence-electron chi connectivity index (χ0n) is 13.4. The Hall–Kier alpha value is -0.860. The summed E-state index contributed by atoms with van der Waals surface area (Å²) in [6.45, 7) is 7.34. The minimum Gasteiger partial charge on any atom is -0.315 e. The number of likely N-dealkylation sites (tertiary alicyclic amines) is 1. The molecular weight excluding hydrogens is 244 g/mol. The molecule has 2 rings (SSSR count). The highest BCUT2D eigenvalue weighted by molar-refractivity contribution is 5.14. The molecule has 0 aliphatic carbocycles. The predicted molar refractivity (Wildman–Crippen MR) is 87.1 cm³/mol. The quantitative estimate of drug-likeness (QED) is 0.819. The number of hydrogen-bond donors (Lipinski definition) is 1. The second-order valence-corrected chi connectivity index (χ2v) is 6.57. The Bertz CT molecular complexity index is 380. The van der Waals surface area contributed by atoms with Crippen molar-refractivity contribution in [1.82, 2.24) is 10.2 Å². The number of rotatable bonds is 7. The Morgan fingerprint density at radius 2 is 1.80 bits per heavy atom. The van der Waals surface area contributed by atoms with Crippen molar-refractivity contribution in [2.45, 2.75) is 57.5 Å². The molecule has 0 saturated carbocycles. The highest BCUT2D eigenvalue weighted by Gasteiger charge is 2.35. The van der Waals surface area contributed by atoms with E-state index in [-0.39, 0.29) is 5.54 Å². The fourth-order valence-electron chi connectivity index (χ4n) is 3.52. The third-order valence-electron chi connectivity index (χ3n) is 4.92. The molecule has 2 nitrogen and oxygen atoms in total. The van der Waals surface area contributed by atoms with Gasteiger partial charge in [-0.2, -0.15) is 0 Å². The Balaban J connectivity index is 1.85. The second kappa shape index (κ2) is 7.24. The van der Waals surface area contributed by atoms with E-state index in [1.54, 1.807) is 0 Å². The van der Waals surface area contributed by atoms with Crippen molar-refractivity contribution in [3.05, 3.63) is 35.9 Å². The lowest BCUT2D eigenvalue weighted by molar-refractivity contribution is 0.105. The lowest BCUT2D eigenvalue weighted by Gasteiger charge is -2.42. The standard InChI is InChI=1S/C18H30N2/c1-18(2,20-14-7-8-15-20)17(19-3)13-9-12-16-10-5-4-6-11-16/h4-6,10-11,17,19H,7-9,12-15H2,1-3H3. The van der Waals surface area contributed by atoms with Gasteiger partial charge in [-0.3, -0.25) is 4.90 Å². The molecule has 1 aliphatic rings. The fourth-order valence-corrected chi connectivity index (χ4v) is 3.52. The van der Waals surface area contributed by atoms with Crippen LogP contribution in [0.3, 0.4) is 0 Å². The van der Waals surface area contributed by atoms with Crippen LogP contribution in [0.1, 0.15) is 45.1 Å². The average molecular weight is 274 g/mol. The third kappa shape index (κ3) is 3.83. The first-order valence-corrected chi connectivity index (χ1v) is 8.11. The SMILES string of the molecule is CNC(CCCc1ccccc1)C(C)(C)N1CCCC1. The van der Waals surface area contributed by atoms with Crippen LogP contribution in [0, 0.1) is 0 Å². The van der Waals surface area contributed by atoms with Crippen LogP contribution in [0.15, 0.2) is 30.3 Å². The van der Waals surface area contributed by atoms with Gasteiger partial charge in [-0.1, -0.05) is 30.3 Å². The van der Waals surface area contributed by atoms with Gasteiger partial charge in [0.05, 0.1) is 0 Å². The molecule has 0 radical (unpaired) electrons. The van der Waals surface area contributed by atoms with E-state index >= 15 is 0 Å². The highest BCUT2D eigenvalue weighted by Crippen LogP contribution is 2.26. The van der Waals surface area contributed by atoms with Gasteiger partial charge in [0, 0.05) is 11.6 Å². The summed E-state index contributed by atoms with van der Waals surface area (Å²) in [7, 11) is 2.12. The Labute approximate surface area is 124 Å². The molecule has 1 aromatic carbocycles. The first-order valence-electron chi connectivity index (χ1n) is 8.11. The molecular formula is C18H30N2. The van der Waals surface area contributed by atoms with Gasteiger partial charge in [0.25, 0.3) is 0 Å². The molecule has 1 aliphatic heterocycles. The van der Waals surface area contributed by atoms with Crippen molar-refractivity contribution >= 4 is 0 Å². The second-order valence-electron chi connectivity index (χ2n) is 6.57. The molecule has 1 N–H and O–H groups in total. The molecule has 0 spiro atoms. The summed E-state index contributed by atoms with van der Waals surface area (Å²) >= 11 is 0. The van der Waals surface area contributed by atoms with E-state index in [4.69, 9.17) is 0 Å². The van der Waals surface area contributed by atoms with Gasteiger partial charge in [0.2, 0.25) is 0 Å². The first kappa shape index (κ1) is 15.5. The summed E-state index contributed by atoms with van der Waals surface area (Å²) in [5, 5.41) is 3.56. The number of nitrogens with zero attached hydrogens (tertiary/aromatic N) is 1. The zero-order valence-corrected chi connectivity index (χ0v) is 13.4. The summed E-state index contributed by atoms with van der Waals surface area (Å²) in [5.74, 6) is 0. The van der Waals surface area contributed by atoms with E-state index < -0.39 is 0 Å². The van der Waals surface area contributed by atoms with E-state index in [2.05, 4.69) is 61.4 Å². The number of likely N-dealkylation sites (N-methyl/N-ethyl adjacent to an activating group) is 1. The molecule has 1 heterocycles. The largest absolute Gasteiger partial charge is 0.315 e. The van der Waals surface area contributed by atoms with Crippen molar-refractivity contribution in [3.8, 4) is 0 Å². The van der Waals surface area contributed by atoms with E-state index in [9.17, 15) is 0 Å². The van der Waals surface area contributed by atoms with Crippen molar-refractivity contribution in [2.24, 2.45) is 0 Å². The van der Waals surface area contributed by atoms with Crippen molar-refractivity contribution in [2.75, 3.05) is 20.1 Å². The molecule has 1 unspecified atom stereocenters. The molecule has 1 atom stereocenters. The fraction of sp³-hybridized carbons (Fsp3) is 0.667. The molecule has 1 aromatic rings. The molecule has 1 saturated heterocycles. The molecule has 2 heteroatoms. The van der Waals surface area contributed by atoms with Crippen LogP contribution >= 0.6 is 0 Å². The molecule has 0 aromatic heterocycles. The molecule has 1 fully saturated rings. The van der Waals surface area contributed by atoms with Crippen LogP contribution in [0.2, 0.25) is 0 Å². The molecule has 0 amide bonds. The van der Waals surface area contributed by atoms with Gasteiger partial charge in [-0.15, -0.1) is 0 Å². The van der Waals surface area contributed by atoms with E-state index in [0.717, 1.165) is 0 Å². The average Bonchev–Trinajstić information content (AvgIpc) is 2.99. The van der Waals surface area contributed by atoms with Crippen LogP contribution in [0.4, 0.5) is 0 Å². The minimum atomic E-state index is 0.266. The van der Waals surface area contributed by atoms with Crippen LogP contribution in [-0.4, -0.2) is 36.6 Å². The van der Waals surface area contributed by atoms with Crippen molar-refractivity contribution in [1.29, 1.82) is 0 Å². The predicted octanol–water partition coefficient (Wildman–Crippen LogP) is 3.47. The minimum absolute atomic E-state index is 0.266. The maximum atomic E-state index is 3.56. The summed E-state index contributed by atoms with van der Waals surface area (Å²) < 4.78 is 0. The van der Waals surface area contributed by atoms with E-state index in [1.807, 2.05) is 0 Å². The Morgan fingerprint density at radius 1 is 1.15 bits per heavy atom. The summed E-state index contributed by atoms with van der Waals surface area (Å²) in [5.41, 5.74) is 1.73. The normalized spacial score (nSPS) is 18.4. The van der Waals surface area contributed by atoms with Crippen LogP contribution in [-0.2, 0) is 6.42 Å². The maximum absolute atomic E-state index is 3.56. The van der Waals surface area contributed by atoms with E-state index in [0.29, 0.717) is 6.04 Å². The highest BCUT2D eigenvalue weighted by atomic mass is 15.2. The van der Waals surface area contributed by atoms with Gasteiger partial charge >= 0.3 is 0 Å². The van der Waals surface area contributed by atoms with Crippen LogP contribution in [0.5, 0.6) is 0 Å². The van der Waals surface area contributed by atoms with Gasteiger partial charge < -0.3 is 5.32 Å². The molecule has 0 bridgehead atoms. The smallest absolute Gasteiger partial charge is 0.0306 e. The zero-order chi connectivity index (χ0) is 14.4. The van der Waals surface area contributed by atoms with Crippen LogP contribution < -0.4 is 5.32 Å². The Morgan fingerprint density at radius 3 is 2.40 bits per heavy atom. The number of aryl methyl sites for hydroxylation is 1. The summed E-state index contributed by atoms with van der Waals surface area (Å²) in [6.07, 6.45) is 6.42. The first-order chi connectivity index (χ1) is 9.64. The number of hydrogen-bond acceptors (Lipinski definition) is 2. The van der Waals surface area contributed by atoms with Gasteiger partial charge in [-0.05, 0) is 71.7 Å². The van der Waals surface area contributed by atoms with Crippen molar-refractivity contribution < 1.29 is 0 Å². The Kier molecular flexibility index (Phi) is 5.62. The van der Waals surface area contributed by atoms with E-state index in [1.165, 1.54) is 50.8 Å². The van der Waals surface area contributed by atoms with Crippen molar-refractivity contribution in [3.63, 3.8) is 0 Å². The maximum Gasteiger partial charge on any atom is 0.0306 e. The van der Waals surface area contributed by atoms with Gasteiger partial charge in [-0.25, -0.2) is 0 Å². The van der Waals surface area contributed by atoms with Crippen LogP contribution in [0.25, 0.3) is 0 Å². The molecule has 112 valence electrons. The number of benzene rings is 1. The lowest BCUT2D eigenvalue weighted by Crippen LogP contribution is -2.56. The third-order valence-corrected chi connectivity index (χ3v) is 4.92. The topological polar surface area (TPSA) is 15.3 Å². The molecule has 20 heavy (non-hydrogen) atoms. The monoisotopic (exact) mass is 274 g/mol. The number of nitrogens with one attached hydrogen (secondary N) is 1. The summed E-state index contributed by atoms with van der Waals surface area (Å²) in [6, 6.07) is 11.4. The van der Waals surface area contributed by atoms with Gasteiger partial charge in [0.15, 0.2) is 0 Å². The lowest BCUT2D eigenvalue weighted by atomic mass is 9.88.